The summed E-state index contributed by atoms with van der Waals surface area (Å²) in [5, 5.41) is 6.19. The third kappa shape index (κ3) is 5.74. The maximum Gasteiger partial charge on any atom is 0.277 e. The zero-order valence-electron chi connectivity index (χ0n) is 17.2. The van der Waals surface area contributed by atoms with Crippen molar-refractivity contribution >= 4 is 38.8 Å². The highest BCUT2D eigenvalue weighted by atomic mass is 79.9. The van der Waals surface area contributed by atoms with Gasteiger partial charge in [-0.2, -0.15) is 5.10 Å². The normalized spacial score (nSPS) is 10.9. The first-order valence-corrected chi connectivity index (χ1v) is 10.9. The molecule has 0 saturated heterocycles. The van der Waals surface area contributed by atoms with E-state index in [-0.39, 0.29) is 12.5 Å². The fraction of sp³-hybridized carbons (Fsp3) is 0.0769. The molecule has 0 unspecified atom stereocenters. The van der Waals surface area contributed by atoms with Crippen LogP contribution in [-0.2, 0) is 11.4 Å². The Labute approximate surface area is 194 Å². The number of carbonyl (C=O) groups is 1. The number of nitrogens with zero attached hydrogens (tertiary/aromatic N) is 1. The van der Waals surface area contributed by atoms with Crippen LogP contribution >= 0.6 is 15.9 Å². The third-order valence-corrected chi connectivity index (χ3v) is 5.26. The highest BCUT2D eigenvalue weighted by Crippen LogP contribution is 2.27. The molecule has 0 atom stereocenters. The smallest absolute Gasteiger partial charge is 0.277 e. The standard InChI is InChI=1S/C26H21BrN2O3/c27-21-11-13-22(14-12-21)31-18-26(30)29-28-16-24-23-9-5-4-8-20(23)10-15-25(24)32-17-19-6-2-1-3-7-19/h1-16H,17-18H2,(H,29,30). The van der Waals surface area contributed by atoms with Gasteiger partial charge in [0.15, 0.2) is 6.61 Å². The number of nitrogens with one attached hydrogen (secondary N) is 1. The number of halogens is 1. The summed E-state index contributed by atoms with van der Waals surface area (Å²) in [4.78, 5) is 12.1. The summed E-state index contributed by atoms with van der Waals surface area (Å²) < 4.78 is 12.5. The molecule has 0 aliphatic heterocycles. The van der Waals surface area contributed by atoms with Gasteiger partial charge in [0, 0.05) is 10.0 Å². The van der Waals surface area contributed by atoms with E-state index in [1.165, 1.54) is 0 Å². The van der Waals surface area contributed by atoms with Crippen LogP contribution in [0.4, 0.5) is 0 Å². The Kier molecular flexibility index (Phi) is 7.15. The van der Waals surface area contributed by atoms with Crippen LogP contribution in [0.1, 0.15) is 11.1 Å². The number of amides is 1. The molecule has 32 heavy (non-hydrogen) atoms. The molecule has 160 valence electrons. The van der Waals surface area contributed by atoms with Crippen LogP contribution in [0.15, 0.2) is 101 Å². The topological polar surface area (TPSA) is 59.9 Å². The Bertz CT molecular complexity index is 1230. The number of benzene rings is 4. The second-order valence-corrected chi connectivity index (χ2v) is 7.92. The van der Waals surface area contributed by atoms with Crippen LogP contribution in [0.3, 0.4) is 0 Å². The minimum atomic E-state index is -0.351. The molecule has 1 amide bonds. The van der Waals surface area contributed by atoms with Crippen molar-refractivity contribution in [3.63, 3.8) is 0 Å². The van der Waals surface area contributed by atoms with Crippen molar-refractivity contribution in [2.24, 2.45) is 5.10 Å². The number of rotatable bonds is 8. The van der Waals surface area contributed by atoms with Crippen molar-refractivity contribution in [1.29, 1.82) is 0 Å². The summed E-state index contributed by atoms with van der Waals surface area (Å²) >= 11 is 3.36. The van der Waals surface area contributed by atoms with E-state index in [9.17, 15) is 4.79 Å². The van der Waals surface area contributed by atoms with Crippen molar-refractivity contribution in [2.45, 2.75) is 6.61 Å². The van der Waals surface area contributed by atoms with Crippen LogP contribution < -0.4 is 14.9 Å². The molecule has 0 saturated carbocycles. The second-order valence-electron chi connectivity index (χ2n) is 7.01. The molecule has 0 aliphatic carbocycles. The van der Waals surface area contributed by atoms with Crippen LogP contribution in [0.25, 0.3) is 10.8 Å². The highest BCUT2D eigenvalue weighted by molar-refractivity contribution is 9.10. The lowest BCUT2D eigenvalue weighted by Crippen LogP contribution is -2.24. The van der Waals surface area contributed by atoms with Crippen LogP contribution in [0.2, 0.25) is 0 Å². The molecule has 0 fully saturated rings. The quantitative estimate of drug-likeness (QED) is 0.255. The first-order valence-electron chi connectivity index (χ1n) is 10.1. The maximum absolute atomic E-state index is 12.1. The van der Waals surface area contributed by atoms with E-state index in [1.807, 2.05) is 78.9 Å². The van der Waals surface area contributed by atoms with E-state index in [4.69, 9.17) is 9.47 Å². The lowest BCUT2D eigenvalue weighted by Gasteiger charge is -2.12. The van der Waals surface area contributed by atoms with Crippen molar-refractivity contribution in [2.75, 3.05) is 6.61 Å². The van der Waals surface area contributed by atoms with Gasteiger partial charge in [-0.3, -0.25) is 4.79 Å². The van der Waals surface area contributed by atoms with Crippen molar-refractivity contribution < 1.29 is 14.3 Å². The molecule has 4 aromatic rings. The summed E-state index contributed by atoms with van der Waals surface area (Å²) in [5.41, 5.74) is 4.39. The minimum Gasteiger partial charge on any atom is -0.488 e. The Morgan fingerprint density at radius 1 is 0.875 bits per heavy atom. The van der Waals surface area contributed by atoms with Gasteiger partial charge in [0.2, 0.25) is 0 Å². The Morgan fingerprint density at radius 2 is 1.62 bits per heavy atom. The zero-order valence-corrected chi connectivity index (χ0v) is 18.8. The fourth-order valence-electron chi connectivity index (χ4n) is 3.15. The molecular weight excluding hydrogens is 468 g/mol. The molecule has 0 spiro atoms. The number of ether oxygens (including phenoxy) is 2. The average Bonchev–Trinajstić information content (AvgIpc) is 2.83. The number of carbonyl (C=O) groups excluding carboxylic acids is 1. The molecule has 1 N–H and O–H groups in total. The average molecular weight is 489 g/mol. The number of hydrogen-bond donors (Lipinski definition) is 1. The van der Waals surface area contributed by atoms with Gasteiger partial charge in [-0.15, -0.1) is 0 Å². The number of fused-ring (bicyclic) bond motifs is 1. The number of hydrazone groups is 1. The van der Waals surface area contributed by atoms with Crippen LogP contribution in [0, 0.1) is 0 Å². The Morgan fingerprint density at radius 3 is 2.44 bits per heavy atom. The van der Waals surface area contributed by atoms with Crippen molar-refractivity contribution in [3.05, 3.63) is 107 Å². The molecule has 5 nitrogen and oxygen atoms in total. The summed E-state index contributed by atoms with van der Waals surface area (Å²) in [6.45, 7) is 0.305. The Hall–Kier alpha value is -3.64. The minimum absolute atomic E-state index is 0.133. The van der Waals surface area contributed by atoms with Gasteiger partial charge in [0.05, 0.1) is 6.21 Å². The van der Waals surface area contributed by atoms with Gasteiger partial charge < -0.3 is 9.47 Å². The van der Waals surface area contributed by atoms with E-state index >= 15 is 0 Å². The van der Waals surface area contributed by atoms with E-state index in [0.717, 1.165) is 26.4 Å². The third-order valence-electron chi connectivity index (χ3n) is 4.73. The summed E-state index contributed by atoms with van der Waals surface area (Å²) in [6, 6.07) is 29.1. The molecule has 0 aliphatic rings. The van der Waals surface area contributed by atoms with E-state index < -0.39 is 0 Å². The molecular formula is C26H21BrN2O3. The van der Waals surface area contributed by atoms with E-state index in [1.54, 1.807) is 18.3 Å². The summed E-state index contributed by atoms with van der Waals surface area (Å²) in [7, 11) is 0. The summed E-state index contributed by atoms with van der Waals surface area (Å²) in [6.07, 6.45) is 1.61. The van der Waals surface area contributed by atoms with Gasteiger partial charge in [0.1, 0.15) is 18.1 Å². The van der Waals surface area contributed by atoms with E-state index in [2.05, 4.69) is 26.5 Å². The monoisotopic (exact) mass is 488 g/mol. The molecule has 4 aromatic carbocycles. The van der Waals surface area contributed by atoms with Gasteiger partial charge in [-0.25, -0.2) is 5.43 Å². The first kappa shape index (κ1) is 21.6. The molecule has 0 aromatic heterocycles. The van der Waals surface area contributed by atoms with Gasteiger partial charge in [0.25, 0.3) is 5.91 Å². The van der Waals surface area contributed by atoms with E-state index in [0.29, 0.717) is 18.1 Å². The summed E-state index contributed by atoms with van der Waals surface area (Å²) in [5.74, 6) is 0.950. The molecule has 0 heterocycles. The molecule has 0 radical (unpaired) electrons. The van der Waals surface area contributed by atoms with Gasteiger partial charge in [-0.05, 0) is 46.7 Å². The lowest BCUT2D eigenvalue weighted by atomic mass is 10.0. The highest BCUT2D eigenvalue weighted by Gasteiger charge is 2.08. The van der Waals surface area contributed by atoms with Gasteiger partial charge in [-0.1, -0.05) is 76.6 Å². The largest absolute Gasteiger partial charge is 0.488 e. The predicted octanol–water partition coefficient (Wildman–Crippen LogP) is 5.71. The van der Waals surface area contributed by atoms with Crippen LogP contribution in [0.5, 0.6) is 11.5 Å². The fourth-order valence-corrected chi connectivity index (χ4v) is 3.42. The van der Waals surface area contributed by atoms with Gasteiger partial charge >= 0.3 is 0 Å². The SMILES string of the molecule is O=C(COc1ccc(Br)cc1)NN=Cc1c(OCc2ccccc2)ccc2ccccc12. The van der Waals surface area contributed by atoms with Crippen LogP contribution in [-0.4, -0.2) is 18.7 Å². The van der Waals surface area contributed by atoms with Crippen molar-refractivity contribution in [1.82, 2.24) is 5.43 Å². The molecule has 6 heteroatoms. The number of hydrogen-bond acceptors (Lipinski definition) is 4. The van der Waals surface area contributed by atoms with Crippen molar-refractivity contribution in [3.8, 4) is 11.5 Å². The maximum atomic E-state index is 12.1. The first-order chi connectivity index (χ1) is 15.7. The second kappa shape index (κ2) is 10.6. The lowest BCUT2D eigenvalue weighted by molar-refractivity contribution is -0.123. The predicted molar refractivity (Wildman–Crippen MR) is 130 cm³/mol. The zero-order chi connectivity index (χ0) is 22.2. The Balaban J connectivity index is 1.45. The molecule has 4 rings (SSSR count). The molecule has 0 bridgehead atoms.